The molecule has 1 amide bonds. The van der Waals surface area contributed by atoms with Gasteiger partial charge < -0.3 is 20.9 Å². The second kappa shape index (κ2) is 9.01. The zero-order valence-corrected chi connectivity index (χ0v) is 15.3. The van der Waals surface area contributed by atoms with Crippen molar-refractivity contribution in [3.8, 4) is 5.75 Å². The van der Waals surface area contributed by atoms with E-state index in [0.29, 0.717) is 12.4 Å². The number of amides is 1. The Kier molecular flexibility index (Phi) is 6.24. The normalized spacial score (nSPS) is 11.8. The van der Waals surface area contributed by atoms with Gasteiger partial charge in [0.05, 0.1) is 6.42 Å². The molecule has 144 valence electrons. The Balaban J connectivity index is 1.51. The first-order chi connectivity index (χ1) is 13.5. The van der Waals surface area contributed by atoms with Gasteiger partial charge in [0.1, 0.15) is 18.4 Å². The van der Waals surface area contributed by atoms with E-state index in [-0.39, 0.29) is 18.9 Å². The van der Waals surface area contributed by atoms with Crippen LogP contribution in [-0.4, -0.2) is 29.6 Å². The summed E-state index contributed by atoms with van der Waals surface area (Å²) in [5, 5.41) is 13.6. The molecule has 0 aromatic heterocycles. The van der Waals surface area contributed by atoms with Crippen molar-refractivity contribution >= 4 is 22.6 Å². The lowest BCUT2D eigenvalue weighted by Gasteiger charge is -2.10. The Bertz CT molecular complexity index is 970. The van der Waals surface area contributed by atoms with Crippen molar-refractivity contribution in [3.05, 3.63) is 77.9 Å². The molecule has 6 nitrogen and oxygen atoms in total. The van der Waals surface area contributed by atoms with Gasteiger partial charge >= 0.3 is 5.97 Å². The summed E-state index contributed by atoms with van der Waals surface area (Å²) in [5.74, 6) is -0.708. The highest BCUT2D eigenvalue weighted by molar-refractivity contribution is 5.83. The maximum absolute atomic E-state index is 11.9. The van der Waals surface area contributed by atoms with E-state index in [1.807, 2.05) is 42.5 Å². The standard InChI is InChI=1S/C22H22N2O4/c23-20(22(26)27)13-24-21(25)12-15-6-9-19(10-7-15)28-14-16-5-8-17-3-1-2-4-18(17)11-16/h1-11,20H,12-14,23H2,(H,24,25)(H,26,27). The van der Waals surface area contributed by atoms with Gasteiger partial charge in [-0.2, -0.15) is 0 Å². The molecule has 3 aromatic carbocycles. The first-order valence-electron chi connectivity index (χ1n) is 8.96. The van der Waals surface area contributed by atoms with E-state index in [1.165, 1.54) is 10.8 Å². The largest absolute Gasteiger partial charge is 0.489 e. The minimum atomic E-state index is -1.15. The van der Waals surface area contributed by atoms with Gasteiger partial charge in [0, 0.05) is 6.54 Å². The molecule has 0 aliphatic rings. The molecule has 1 atom stereocenters. The molecular weight excluding hydrogens is 356 g/mol. The fraction of sp³-hybridized carbons (Fsp3) is 0.182. The van der Waals surface area contributed by atoms with Crippen LogP contribution >= 0.6 is 0 Å². The number of hydrogen-bond donors (Lipinski definition) is 3. The number of ether oxygens (including phenoxy) is 1. The number of carboxylic acids is 1. The molecule has 4 N–H and O–H groups in total. The average Bonchev–Trinajstić information content (AvgIpc) is 2.71. The molecule has 3 aromatic rings. The predicted octanol–water partition coefficient (Wildman–Crippen LogP) is 2.49. The molecule has 0 heterocycles. The van der Waals surface area contributed by atoms with Gasteiger partial charge in [-0.15, -0.1) is 0 Å². The summed E-state index contributed by atoms with van der Waals surface area (Å²) in [5.41, 5.74) is 7.24. The Hall–Kier alpha value is -3.38. The van der Waals surface area contributed by atoms with Gasteiger partial charge in [-0.1, -0.05) is 48.5 Å². The number of carboxylic acid groups (broad SMARTS) is 1. The van der Waals surface area contributed by atoms with E-state index in [0.717, 1.165) is 11.1 Å². The van der Waals surface area contributed by atoms with E-state index in [2.05, 4.69) is 29.6 Å². The molecule has 0 saturated heterocycles. The lowest BCUT2D eigenvalue weighted by Crippen LogP contribution is -2.42. The van der Waals surface area contributed by atoms with Gasteiger partial charge in [0.25, 0.3) is 0 Å². The highest BCUT2D eigenvalue weighted by Gasteiger charge is 2.12. The van der Waals surface area contributed by atoms with Crippen LogP contribution in [0.25, 0.3) is 10.8 Å². The number of nitrogens with two attached hydrogens (primary N) is 1. The van der Waals surface area contributed by atoms with Crippen molar-refractivity contribution < 1.29 is 19.4 Å². The number of benzene rings is 3. The molecular formula is C22H22N2O4. The van der Waals surface area contributed by atoms with E-state index in [1.54, 1.807) is 0 Å². The number of carbonyl (C=O) groups excluding carboxylic acids is 1. The zero-order chi connectivity index (χ0) is 19.9. The number of hydrogen-bond acceptors (Lipinski definition) is 4. The molecule has 0 aliphatic heterocycles. The van der Waals surface area contributed by atoms with Gasteiger partial charge in [-0.3, -0.25) is 9.59 Å². The third-order valence-corrected chi connectivity index (χ3v) is 4.34. The fourth-order valence-corrected chi connectivity index (χ4v) is 2.76. The predicted molar refractivity (Wildman–Crippen MR) is 107 cm³/mol. The van der Waals surface area contributed by atoms with Gasteiger partial charge in [-0.25, -0.2) is 0 Å². The summed E-state index contributed by atoms with van der Waals surface area (Å²) in [7, 11) is 0. The molecule has 0 radical (unpaired) electrons. The minimum Gasteiger partial charge on any atom is -0.489 e. The maximum atomic E-state index is 11.9. The van der Waals surface area contributed by atoms with E-state index in [9.17, 15) is 9.59 Å². The molecule has 3 rings (SSSR count). The van der Waals surface area contributed by atoms with Crippen LogP contribution in [0.3, 0.4) is 0 Å². The van der Waals surface area contributed by atoms with Gasteiger partial charge in [0.2, 0.25) is 5.91 Å². The molecule has 6 heteroatoms. The molecule has 0 aliphatic carbocycles. The lowest BCUT2D eigenvalue weighted by molar-refractivity contribution is -0.138. The molecule has 0 fully saturated rings. The summed E-state index contributed by atoms with van der Waals surface area (Å²) in [4.78, 5) is 22.5. The van der Waals surface area contributed by atoms with Crippen LogP contribution < -0.4 is 15.8 Å². The highest BCUT2D eigenvalue weighted by atomic mass is 16.5. The van der Waals surface area contributed by atoms with Crippen molar-refractivity contribution in [2.45, 2.75) is 19.1 Å². The summed E-state index contributed by atoms with van der Waals surface area (Å²) < 4.78 is 5.82. The van der Waals surface area contributed by atoms with Gasteiger partial charge in [-0.05, 0) is 40.1 Å². The monoisotopic (exact) mass is 378 g/mol. The van der Waals surface area contributed by atoms with Crippen molar-refractivity contribution in [1.29, 1.82) is 0 Å². The molecule has 0 bridgehead atoms. The highest BCUT2D eigenvalue weighted by Crippen LogP contribution is 2.18. The summed E-state index contributed by atoms with van der Waals surface area (Å²) in [6, 6.07) is 20.5. The van der Waals surface area contributed by atoms with Crippen LogP contribution in [0.5, 0.6) is 5.75 Å². The van der Waals surface area contributed by atoms with Crippen molar-refractivity contribution in [2.24, 2.45) is 5.73 Å². The van der Waals surface area contributed by atoms with E-state index in [4.69, 9.17) is 15.6 Å². The summed E-state index contributed by atoms with van der Waals surface area (Å²) in [6.07, 6.45) is 0.150. The molecule has 1 unspecified atom stereocenters. The Morgan fingerprint density at radius 2 is 1.64 bits per heavy atom. The second-order valence-electron chi connectivity index (χ2n) is 6.54. The number of carbonyl (C=O) groups is 2. The Labute approximate surface area is 162 Å². The number of nitrogens with one attached hydrogen (secondary N) is 1. The van der Waals surface area contributed by atoms with Crippen LogP contribution in [0.1, 0.15) is 11.1 Å². The van der Waals surface area contributed by atoms with Crippen molar-refractivity contribution in [3.63, 3.8) is 0 Å². The van der Waals surface area contributed by atoms with Crippen molar-refractivity contribution in [2.75, 3.05) is 6.54 Å². The van der Waals surface area contributed by atoms with E-state index < -0.39 is 12.0 Å². The topological polar surface area (TPSA) is 102 Å². The molecule has 0 saturated carbocycles. The Morgan fingerprint density at radius 1 is 0.964 bits per heavy atom. The Morgan fingerprint density at radius 3 is 2.36 bits per heavy atom. The fourth-order valence-electron chi connectivity index (χ4n) is 2.76. The van der Waals surface area contributed by atoms with E-state index >= 15 is 0 Å². The molecule has 28 heavy (non-hydrogen) atoms. The number of fused-ring (bicyclic) bond motifs is 1. The first-order valence-corrected chi connectivity index (χ1v) is 8.96. The number of rotatable bonds is 8. The smallest absolute Gasteiger partial charge is 0.322 e. The lowest BCUT2D eigenvalue weighted by atomic mass is 10.1. The average molecular weight is 378 g/mol. The summed E-state index contributed by atoms with van der Waals surface area (Å²) in [6.45, 7) is 0.360. The van der Waals surface area contributed by atoms with Crippen molar-refractivity contribution in [1.82, 2.24) is 5.32 Å². The first kappa shape index (κ1) is 19.4. The SMILES string of the molecule is NC(CNC(=O)Cc1ccc(OCc2ccc3ccccc3c2)cc1)C(=O)O. The maximum Gasteiger partial charge on any atom is 0.322 e. The number of aliphatic carboxylic acids is 1. The minimum absolute atomic E-state index is 0.0961. The van der Waals surface area contributed by atoms with Crippen LogP contribution in [0.2, 0.25) is 0 Å². The summed E-state index contributed by atoms with van der Waals surface area (Å²) >= 11 is 0. The third-order valence-electron chi connectivity index (χ3n) is 4.34. The third kappa shape index (κ3) is 5.31. The van der Waals surface area contributed by atoms with Crippen LogP contribution in [0, 0.1) is 0 Å². The van der Waals surface area contributed by atoms with Gasteiger partial charge in [0.15, 0.2) is 0 Å². The van der Waals surface area contributed by atoms with Crippen LogP contribution in [0.15, 0.2) is 66.7 Å². The second-order valence-corrected chi connectivity index (χ2v) is 6.54. The molecule has 0 spiro atoms. The van der Waals surface area contributed by atoms with Crippen LogP contribution in [-0.2, 0) is 22.6 Å². The van der Waals surface area contributed by atoms with Crippen LogP contribution in [0.4, 0.5) is 0 Å². The quantitative estimate of drug-likeness (QED) is 0.559. The zero-order valence-electron chi connectivity index (χ0n) is 15.3.